The van der Waals surface area contributed by atoms with E-state index in [1.807, 2.05) is 0 Å². The lowest BCUT2D eigenvalue weighted by molar-refractivity contribution is -0.143. The summed E-state index contributed by atoms with van der Waals surface area (Å²) in [7, 11) is 0. The molecule has 19 heavy (non-hydrogen) atoms. The molecule has 1 atom stereocenters. The largest absolute Gasteiger partial charge is 0.480 e. The summed E-state index contributed by atoms with van der Waals surface area (Å²) in [5, 5.41) is 9.08. The molecule has 1 aliphatic rings. The minimum Gasteiger partial charge on any atom is -0.480 e. The number of likely N-dealkylation sites (tertiary alicyclic amines) is 1. The molecule has 0 bridgehead atoms. The van der Waals surface area contributed by atoms with Crippen LogP contribution in [0.4, 0.5) is 8.78 Å². The van der Waals surface area contributed by atoms with Gasteiger partial charge in [0.25, 0.3) is 5.91 Å². The van der Waals surface area contributed by atoms with Crippen molar-refractivity contribution in [2.75, 3.05) is 6.54 Å². The van der Waals surface area contributed by atoms with Crippen LogP contribution in [-0.4, -0.2) is 34.5 Å². The van der Waals surface area contributed by atoms with Crippen LogP contribution in [0.25, 0.3) is 0 Å². The number of amides is 1. The first-order valence-electron chi connectivity index (χ1n) is 5.99. The van der Waals surface area contributed by atoms with E-state index >= 15 is 0 Å². The van der Waals surface area contributed by atoms with Gasteiger partial charge in [-0.15, -0.1) is 0 Å². The Morgan fingerprint density at radius 1 is 1.21 bits per heavy atom. The third-order valence-corrected chi connectivity index (χ3v) is 3.22. The van der Waals surface area contributed by atoms with E-state index in [0.29, 0.717) is 19.4 Å². The molecule has 0 aromatic heterocycles. The van der Waals surface area contributed by atoms with Gasteiger partial charge in [0.05, 0.1) is 0 Å². The number of carbonyl (C=O) groups excluding carboxylic acids is 1. The topological polar surface area (TPSA) is 57.6 Å². The first-order chi connectivity index (χ1) is 9.00. The molecule has 1 saturated heterocycles. The zero-order valence-corrected chi connectivity index (χ0v) is 10.1. The SMILES string of the molecule is O=C(O)[C@H]1CCCCN1C(=O)c1ccc(F)c(F)c1. The van der Waals surface area contributed by atoms with Crippen LogP contribution in [0.5, 0.6) is 0 Å². The summed E-state index contributed by atoms with van der Waals surface area (Å²) >= 11 is 0. The number of aliphatic carboxylic acids is 1. The van der Waals surface area contributed by atoms with Crippen molar-refractivity contribution >= 4 is 11.9 Å². The van der Waals surface area contributed by atoms with Gasteiger partial charge >= 0.3 is 5.97 Å². The summed E-state index contributed by atoms with van der Waals surface area (Å²) in [5.41, 5.74) is -0.0351. The van der Waals surface area contributed by atoms with E-state index < -0.39 is 29.6 Å². The number of halogens is 2. The molecule has 6 heteroatoms. The van der Waals surface area contributed by atoms with Gasteiger partial charge in [0, 0.05) is 12.1 Å². The van der Waals surface area contributed by atoms with Crippen molar-refractivity contribution < 1.29 is 23.5 Å². The lowest BCUT2D eigenvalue weighted by atomic mass is 10.0. The maximum absolute atomic E-state index is 13.1. The highest BCUT2D eigenvalue weighted by Gasteiger charge is 2.32. The minimum absolute atomic E-state index is 0.0351. The van der Waals surface area contributed by atoms with E-state index in [9.17, 15) is 18.4 Å². The summed E-state index contributed by atoms with van der Waals surface area (Å²) < 4.78 is 25.9. The van der Waals surface area contributed by atoms with Gasteiger partial charge in [-0.3, -0.25) is 4.79 Å². The van der Waals surface area contributed by atoms with Gasteiger partial charge in [-0.2, -0.15) is 0 Å². The van der Waals surface area contributed by atoms with Crippen molar-refractivity contribution in [2.24, 2.45) is 0 Å². The Balaban J connectivity index is 2.26. The zero-order chi connectivity index (χ0) is 14.0. The van der Waals surface area contributed by atoms with E-state index in [2.05, 4.69) is 0 Å². The van der Waals surface area contributed by atoms with Gasteiger partial charge in [-0.05, 0) is 37.5 Å². The molecule has 1 aromatic carbocycles. The second-order valence-corrected chi connectivity index (χ2v) is 4.48. The number of benzene rings is 1. The lowest BCUT2D eigenvalue weighted by Gasteiger charge is -2.33. The van der Waals surface area contributed by atoms with Crippen LogP contribution < -0.4 is 0 Å². The molecule has 102 valence electrons. The number of nitrogens with zero attached hydrogens (tertiary/aromatic N) is 1. The predicted octanol–water partition coefficient (Wildman–Crippen LogP) is 2.04. The first-order valence-corrected chi connectivity index (χ1v) is 5.99. The quantitative estimate of drug-likeness (QED) is 0.893. The molecule has 1 fully saturated rings. The Morgan fingerprint density at radius 2 is 1.95 bits per heavy atom. The fourth-order valence-corrected chi connectivity index (χ4v) is 2.23. The number of carboxylic acid groups (broad SMARTS) is 1. The standard InChI is InChI=1S/C13H13F2NO3/c14-9-5-4-8(7-10(9)15)12(17)16-6-2-1-3-11(16)13(18)19/h4-5,7,11H,1-3,6H2,(H,18,19)/t11-/m1/s1. The highest BCUT2D eigenvalue weighted by molar-refractivity contribution is 5.96. The molecular weight excluding hydrogens is 256 g/mol. The number of piperidine rings is 1. The van der Waals surface area contributed by atoms with Gasteiger partial charge in [0.1, 0.15) is 6.04 Å². The van der Waals surface area contributed by atoms with Crippen molar-refractivity contribution in [1.29, 1.82) is 0 Å². The molecule has 0 radical (unpaired) electrons. The highest BCUT2D eigenvalue weighted by Crippen LogP contribution is 2.20. The van der Waals surface area contributed by atoms with E-state index in [0.717, 1.165) is 24.6 Å². The molecule has 1 heterocycles. The Kier molecular flexibility index (Phi) is 3.78. The second-order valence-electron chi connectivity index (χ2n) is 4.48. The molecule has 0 unspecified atom stereocenters. The monoisotopic (exact) mass is 269 g/mol. The van der Waals surface area contributed by atoms with Crippen LogP contribution in [0.3, 0.4) is 0 Å². The summed E-state index contributed by atoms with van der Waals surface area (Å²) in [4.78, 5) is 24.5. The molecule has 1 aliphatic heterocycles. The maximum Gasteiger partial charge on any atom is 0.326 e. The molecule has 1 aromatic rings. The van der Waals surface area contributed by atoms with Crippen LogP contribution >= 0.6 is 0 Å². The fourth-order valence-electron chi connectivity index (χ4n) is 2.23. The highest BCUT2D eigenvalue weighted by atomic mass is 19.2. The van der Waals surface area contributed by atoms with E-state index in [4.69, 9.17) is 5.11 Å². The smallest absolute Gasteiger partial charge is 0.326 e. The van der Waals surface area contributed by atoms with Gasteiger partial charge in [-0.1, -0.05) is 0 Å². The maximum atomic E-state index is 13.1. The van der Waals surface area contributed by atoms with Crippen LogP contribution in [0, 0.1) is 11.6 Å². The molecule has 0 aliphatic carbocycles. The number of rotatable bonds is 2. The lowest BCUT2D eigenvalue weighted by Crippen LogP contribution is -2.48. The van der Waals surface area contributed by atoms with E-state index in [1.54, 1.807) is 0 Å². The fraction of sp³-hybridized carbons (Fsp3) is 0.385. The van der Waals surface area contributed by atoms with Crippen LogP contribution in [-0.2, 0) is 4.79 Å². The Hall–Kier alpha value is -1.98. The van der Waals surface area contributed by atoms with Crippen LogP contribution in [0.15, 0.2) is 18.2 Å². The first kappa shape index (κ1) is 13.5. The summed E-state index contributed by atoms with van der Waals surface area (Å²) in [5.74, 6) is -3.80. The third kappa shape index (κ3) is 2.72. The number of carboxylic acids is 1. The van der Waals surface area contributed by atoms with Crippen molar-refractivity contribution in [3.05, 3.63) is 35.4 Å². The molecular formula is C13H13F2NO3. The van der Waals surface area contributed by atoms with Crippen LogP contribution in [0.1, 0.15) is 29.6 Å². The number of hydrogen-bond acceptors (Lipinski definition) is 2. The molecule has 1 amide bonds. The van der Waals surface area contributed by atoms with Gasteiger partial charge in [0.15, 0.2) is 11.6 Å². The van der Waals surface area contributed by atoms with Crippen molar-refractivity contribution in [3.8, 4) is 0 Å². The van der Waals surface area contributed by atoms with Gasteiger partial charge in [-0.25, -0.2) is 13.6 Å². The Bertz CT molecular complexity index is 519. The number of carbonyl (C=O) groups is 2. The predicted molar refractivity (Wildman–Crippen MR) is 62.7 cm³/mol. The molecule has 0 saturated carbocycles. The minimum atomic E-state index is -1.12. The van der Waals surface area contributed by atoms with Crippen LogP contribution in [0.2, 0.25) is 0 Å². The van der Waals surface area contributed by atoms with Crippen molar-refractivity contribution in [2.45, 2.75) is 25.3 Å². The van der Waals surface area contributed by atoms with Crippen molar-refractivity contribution in [3.63, 3.8) is 0 Å². The molecule has 4 nitrogen and oxygen atoms in total. The van der Waals surface area contributed by atoms with Gasteiger partial charge in [0.2, 0.25) is 0 Å². The summed E-state index contributed by atoms with van der Waals surface area (Å²) in [6.07, 6.45) is 1.82. The normalized spacial score (nSPS) is 19.3. The Morgan fingerprint density at radius 3 is 2.58 bits per heavy atom. The van der Waals surface area contributed by atoms with E-state index in [1.165, 1.54) is 4.90 Å². The van der Waals surface area contributed by atoms with E-state index in [-0.39, 0.29) is 5.56 Å². The van der Waals surface area contributed by atoms with Gasteiger partial charge < -0.3 is 10.0 Å². The average Bonchev–Trinajstić information content (AvgIpc) is 2.41. The molecule has 2 rings (SSSR count). The molecule has 0 spiro atoms. The zero-order valence-electron chi connectivity index (χ0n) is 10.1. The second kappa shape index (κ2) is 5.34. The molecule has 1 N–H and O–H groups in total. The number of hydrogen-bond donors (Lipinski definition) is 1. The third-order valence-electron chi connectivity index (χ3n) is 3.22. The summed E-state index contributed by atoms with van der Waals surface area (Å²) in [6.45, 7) is 0.314. The average molecular weight is 269 g/mol. The Labute approximate surface area is 108 Å². The summed E-state index contributed by atoms with van der Waals surface area (Å²) in [6, 6.07) is 1.93. The van der Waals surface area contributed by atoms with Crippen molar-refractivity contribution in [1.82, 2.24) is 4.90 Å².